The van der Waals surface area contributed by atoms with Gasteiger partial charge >= 0.3 is 6.18 Å². The first kappa shape index (κ1) is 22.7. The van der Waals surface area contributed by atoms with E-state index in [0.717, 1.165) is 18.3 Å². The monoisotopic (exact) mass is 475 g/mol. The van der Waals surface area contributed by atoms with Crippen LogP contribution in [-0.2, 0) is 15.8 Å². The van der Waals surface area contributed by atoms with Gasteiger partial charge in [-0.3, -0.25) is 14.6 Å². The molecule has 0 fully saturated rings. The summed E-state index contributed by atoms with van der Waals surface area (Å²) >= 11 is 6.45. The third kappa shape index (κ3) is 4.38. The third-order valence-corrected chi connectivity index (χ3v) is 5.44. The molecule has 0 saturated carbocycles. The van der Waals surface area contributed by atoms with Gasteiger partial charge < -0.3 is 10.2 Å². The van der Waals surface area contributed by atoms with E-state index in [-0.39, 0.29) is 16.7 Å². The Balaban J connectivity index is 1.68. The molecule has 4 rings (SSSR count). The summed E-state index contributed by atoms with van der Waals surface area (Å²) in [6.45, 7) is 2.99. The fourth-order valence-electron chi connectivity index (χ4n) is 3.67. The maximum atomic E-state index is 13.3. The molecule has 1 aliphatic rings. The lowest BCUT2D eigenvalue weighted by molar-refractivity contribution is -0.141. The normalized spacial score (nSPS) is 15.5. The van der Waals surface area contributed by atoms with Crippen molar-refractivity contribution >= 4 is 34.8 Å². The number of halogens is 4. The Hall–Kier alpha value is -3.53. The molecule has 0 aliphatic carbocycles. The maximum absolute atomic E-state index is 13.3. The number of rotatable bonds is 3. The number of nitrogens with one attached hydrogen (secondary N) is 1. The van der Waals surface area contributed by atoms with Gasteiger partial charge in [0.05, 0.1) is 29.2 Å². The van der Waals surface area contributed by atoms with Gasteiger partial charge in [-0.2, -0.15) is 13.2 Å². The van der Waals surface area contributed by atoms with E-state index in [9.17, 15) is 22.8 Å². The second-order valence-electron chi connectivity index (χ2n) is 7.51. The van der Waals surface area contributed by atoms with Crippen LogP contribution in [0.15, 0.2) is 42.7 Å². The van der Waals surface area contributed by atoms with Gasteiger partial charge in [0.25, 0.3) is 0 Å². The van der Waals surface area contributed by atoms with Crippen LogP contribution < -0.4 is 10.2 Å². The van der Waals surface area contributed by atoms with Crippen molar-refractivity contribution in [1.82, 2.24) is 15.0 Å². The van der Waals surface area contributed by atoms with Crippen molar-refractivity contribution in [3.8, 4) is 11.1 Å². The molecule has 33 heavy (non-hydrogen) atoms. The fourth-order valence-corrected chi connectivity index (χ4v) is 4.00. The number of amides is 2. The molecule has 3 aromatic heterocycles. The van der Waals surface area contributed by atoms with Gasteiger partial charge in [-0.1, -0.05) is 17.7 Å². The number of hydrogen-bond donors (Lipinski definition) is 1. The standard InChI is InChI=1S/C22H17ClF3N5O2/c1-11-8-15-18(20(23)29-11)14-4-3-7-27-19(14)12(2)21(33)31(15)10-17(32)30-13-5-6-16(28-9-13)22(24,25)26/h3-9,12H,10H2,1-2H3,(H,30,32). The van der Waals surface area contributed by atoms with Crippen LogP contribution in [-0.4, -0.2) is 33.3 Å². The van der Waals surface area contributed by atoms with Crippen molar-refractivity contribution < 1.29 is 22.8 Å². The summed E-state index contributed by atoms with van der Waals surface area (Å²) in [6.07, 6.45) is -2.11. The highest BCUT2D eigenvalue weighted by atomic mass is 35.5. The zero-order chi connectivity index (χ0) is 23.9. The lowest BCUT2D eigenvalue weighted by atomic mass is 9.98. The molecule has 0 aromatic carbocycles. The average Bonchev–Trinajstić information content (AvgIpc) is 2.83. The SMILES string of the molecule is Cc1cc2c(c(Cl)n1)-c1cccnc1C(C)C(=O)N2CC(=O)Nc1ccc(C(F)(F)F)nc1. The molecule has 2 amide bonds. The van der Waals surface area contributed by atoms with Crippen LogP contribution in [0.4, 0.5) is 24.5 Å². The van der Waals surface area contributed by atoms with E-state index in [4.69, 9.17) is 11.6 Å². The largest absolute Gasteiger partial charge is 0.433 e. The Morgan fingerprint density at radius 1 is 1.24 bits per heavy atom. The van der Waals surface area contributed by atoms with Crippen LogP contribution in [0.5, 0.6) is 0 Å². The second kappa shape index (κ2) is 8.43. The molecule has 0 bridgehead atoms. The summed E-state index contributed by atoms with van der Waals surface area (Å²) in [7, 11) is 0. The Morgan fingerprint density at radius 2 is 2.00 bits per heavy atom. The number of carbonyl (C=O) groups excluding carboxylic acids is 2. The van der Waals surface area contributed by atoms with Crippen LogP contribution in [0, 0.1) is 6.92 Å². The van der Waals surface area contributed by atoms with Crippen LogP contribution in [0.1, 0.15) is 29.9 Å². The Morgan fingerprint density at radius 3 is 2.67 bits per heavy atom. The Bertz CT molecular complexity index is 1250. The summed E-state index contributed by atoms with van der Waals surface area (Å²) in [5, 5.41) is 2.64. The van der Waals surface area contributed by atoms with E-state index in [0.29, 0.717) is 28.2 Å². The summed E-state index contributed by atoms with van der Waals surface area (Å²) in [5.41, 5.74) is 1.56. The minimum atomic E-state index is -4.59. The molecule has 7 nitrogen and oxygen atoms in total. The number of aromatic nitrogens is 3. The molecule has 11 heteroatoms. The van der Waals surface area contributed by atoms with Crippen molar-refractivity contribution in [2.24, 2.45) is 0 Å². The summed E-state index contributed by atoms with van der Waals surface area (Å²) < 4.78 is 38.1. The van der Waals surface area contributed by atoms with E-state index in [1.807, 2.05) is 0 Å². The molecular formula is C22H17ClF3N5O2. The zero-order valence-corrected chi connectivity index (χ0v) is 18.2. The zero-order valence-electron chi connectivity index (χ0n) is 17.4. The minimum absolute atomic E-state index is 0.0671. The number of aryl methyl sites for hydroxylation is 1. The number of pyridine rings is 3. The van der Waals surface area contributed by atoms with Gasteiger partial charge in [0.2, 0.25) is 11.8 Å². The van der Waals surface area contributed by atoms with E-state index >= 15 is 0 Å². The summed E-state index contributed by atoms with van der Waals surface area (Å²) in [5.74, 6) is -1.67. The lowest BCUT2D eigenvalue weighted by Crippen LogP contribution is -2.40. The van der Waals surface area contributed by atoms with Crippen molar-refractivity contribution in [2.45, 2.75) is 25.9 Å². The highest BCUT2D eigenvalue weighted by molar-refractivity contribution is 6.33. The molecular weight excluding hydrogens is 459 g/mol. The van der Waals surface area contributed by atoms with Gasteiger partial charge in [-0.15, -0.1) is 0 Å². The van der Waals surface area contributed by atoms with Crippen LogP contribution >= 0.6 is 11.6 Å². The van der Waals surface area contributed by atoms with E-state index in [1.54, 1.807) is 38.2 Å². The maximum Gasteiger partial charge on any atom is 0.433 e. The average molecular weight is 476 g/mol. The Labute approximate surface area is 191 Å². The molecule has 1 atom stereocenters. The van der Waals surface area contributed by atoms with Gasteiger partial charge in [0.1, 0.15) is 17.4 Å². The van der Waals surface area contributed by atoms with Crippen molar-refractivity contribution in [3.05, 3.63) is 65.0 Å². The van der Waals surface area contributed by atoms with E-state index < -0.39 is 30.2 Å². The molecule has 1 N–H and O–H groups in total. The van der Waals surface area contributed by atoms with Gasteiger partial charge in [-0.05, 0) is 38.1 Å². The number of hydrogen-bond acceptors (Lipinski definition) is 5. The van der Waals surface area contributed by atoms with Crippen molar-refractivity contribution in [3.63, 3.8) is 0 Å². The molecule has 0 radical (unpaired) electrons. The smallest absolute Gasteiger partial charge is 0.323 e. The molecule has 1 unspecified atom stereocenters. The predicted octanol–water partition coefficient (Wildman–Crippen LogP) is 4.61. The lowest BCUT2D eigenvalue weighted by Gasteiger charge is -2.24. The molecule has 170 valence electrons. The van der Waals surface area contributed by atoms with Gasteiger partial charge in [0, 0.05) is 23.0 Å². The van der Waals surface area contributed by atoms with E-state index in [2.05, 4.69) is 20.3 Å². The number of alkyl halides is 3. The third-order valence-electron chi connectivity index (χ3n) is 5.17. The predicted molar refractivity (Wildman–Crippen MR) is 116 cm³/mol. The molecule has 0 spiro atoms. The first-order chi connectivity index (χ1) is 15.6. The van der Waals surface area contributed by atoms with Crippen LogP contribution in [0.25, 0.3) is 11.1 Å². The molecule has 1 aliphatic heterocycles. The first-order valence-corrected chi connectivity index (χ1v) is 10.2. The number of nitrogens with zero attached hydrogens (tertiary/aromatic N) is 4. The first-order valence-electron chi connectivity index (χ1n) is 9.83. The van der Waals surface area contributed by atoms with Crippen LogP contribution in [0.3, 0.4) is 0 Å². The van der Waals surface area contributed by atoms with E-state index in [1.165, 1.54) is 4.90 Å². The second-order valence-corrected chi connectivity index (χ2v) is 7.87. The highest BCUT2D eigenvalue weighted by Crippen LogP contribution is 2.43. The summed E-state index contributed by atoms with van der Waals surface area (Å²) in [6, 6.07) is 7.02. The fraction of sp³-hybridized carbons (Fsp3) is 0.227. The number of fused-ring (bicyclic) bond motifs is 3. The Kier molecular flexibility index (Phi) is 5.79. The number of carbonyl (C=O) groups is 2. The van der Waals surface area contributed by atoms with Crippen molar-refractivity contribution in [2.75, 3.05) is 16.8 Å². The van der Waals surface area contributed by atoms with Gasteiger partial charge in [-0.25, -0.2) is 9.97 Å². The molecule has 0 saturated heterocycles. The highest BCUT2D eigenvalue weighted by Gasteiger charge is 2.35. The van der Waals surface area contributed by atoms with Crippen LogP contribution in [0.2, 0.25) is 5.15 Å². The quantitative estimate of drug-likeness (QED) is 0.559. The topological polar surface area (TPSA) is 88.1 Å². The molecule has 3 aromatic rings. The van der Waals surface area contributed by atoms with Crippen molar-refractivity contribution in [1.29, 1.82) is 0 Å². The van der Waals surface area contributed by atoms with Gasteiger partial charge in [0.15, 0.2) is 0 Å². The number of anilines is 2. The summed E-state index contributed by atoms with van der Waals surface area (Å²) in [4.78, 5) is 39.3. The molecule has 4 heterocycles. The minimum Gasteiger partial charge on any atom is -0.323 e.